The molecule has 0 spiro atoms. The second-order valence-corrected chi connectivity index (χ2v) is 3.17. The molecule has 70 valence electrons. The van der Waals surface area contributed by atoms with Crippen molar-refractivity contribution in [1.82, 2.24) is 4.90 Å². The molecule has 0 saturated carbocycles. The SMILES string of the molecule is CCN(C=O)Cc1ccccc1Cl. The van der Waals surface area contributed by atoms with Crippen LogP contribution in [0.15, 0.2) is 24.3 Å². The summed E-state index contributed by atoms with van der Waals surface area (Å²) in [6.45, 7) is 3.22. The molecular weight excluding hydrogens is 186 g/mol. The van der Waals surface area contributed by atoms with Crippen LogP contribution in [-0.2, 0) is 11.3 Å². The first-order valence-corrected chi connectivity index (χ1v) is 4.58. The minimum Gasteiger partial charge on any atom is -0.341 e. The maximum atomic E-state index is 10.5. The molecule has 13 heavy (non-hydrogen) atoms. The van der Waals surface area contributed by atoms with E-state index in [1.165, 1.54) is 0 Å². The molecular formula is C10H12ClNO. The molecule has 0 atom stereocenters. The average Bonchev–Trinajstić information content (AvgIpc) is 2.17. The van der Waals surface area contributed by atoms with Crippen molar-refractivity contribution in [3.63, 3.8) is 0 Å². The van der Waals surface area contributed by atoms with Gasteiger partial charge in [-0.15, -0.1) is 0 Å². The smallest absolute Gasteiger partial charge is 0.209 e. The van der Waals surface area contributed by atoms with Gasteiger partial charge in [-0.3, -0.25) is 4.79 Å². The van der Waals surface area contributed by atoms with E-state index in [-0.39, 0.29) is 0 Å². The van der Waals surface area contributed by atoms with Gasteiger partial charge in [0.15, 0.2) is 0 Å². The molecule has 1 amide bonds. The number of carbonyl (C=O) groups is 1. The summed E-state index contributed by atoms with van der Waals surface area (Å²) >= 11 is 5.94. The van der Waals surface area contributed by atoms with Gasteiger partial charge in [0.1, 0.15) is 0 Å². The molecule has 0 saturated heterocycles. The van der Waals surface area contributed by atoms with Crippen LogP contribution in [0.4, 0.5) is 0 Å². The predicted octanol–water partition coefficient (Wildman–Crippen LogP) is 2.32. The van der Waals surface area contributed by atoms with Crippen LogP contribution in [0, 0.1) is 0 Å². The van der Waals surface area contributed by atoms with E-state index >= 15 is 0 Å². The van der Waals surface area contributed by atoms with E-state index in [9.17, 15) is 4.79 Å². The Morgan fingerprint density at radius 2 is 2.15 bits per heavy atom. The van der Waals surface area contributed by atoms with E-state index in [4.69, 9.17) is 11.6 Å². The molecule has 0 aliphatic heterocycles. The van der Waals surface area contributed by atoms with Crippen LogP contribution in [0.1, 0.15) is 12.5 Å². The largest absolute Gasteiger partial charge is 0.341 e. The summed E-state index contributed by atoms with van der Waals surface area (Å²) in [5.74, 6) is 0. The number of amides is 1. The molecule has 1 rings (SSSR count). The Kier molecular flexibility index (Phi) is 3.77. The van der Waals surface area contributed by atoms with E-state index in [0.29, 0.717) is 18.1 Å². The Morgan fingerprint density at radius 3 is 2.69 bits per heavy atom. The Bertz CT molecular complexity index is 288. The second kappa shape index (κ2) is 4.87. The molecule has 0 N–H and O–H groups in total. The Morgan fingerprint density at radius 1 is 1.46 bits per heavy atom. The predicted molar refractivity (Wildman–Crippen MR) is 53.6 cm³/mol. The number of hydrogen-bond acceptors (Lipinski definition) is 1. The van der Waals surface area contributed by atoms with Crippen LogP contribution >= 0.6 is 11.6 Å². The Balaban J connectivity index is 2.73. The standard InChI is InChI=1S/C10H12ClNO/c1-2-12(8-13)7-9-5-3-4-6-10(9)11/h3-6,8H,2,7H2,1H3. The van der Waals surface area contributed by atoms with Crippen LogP contribution in [0.5, 0.6) is 0 Å². The molecule has 1 aromatic rings. The van der Waals surface area contributed by atoms with Gasteiger partial charge in [0.25, 0.3) is 0 Å². The van der Waals surface area contributed by atoms with Crippen molar-refractivity contribution in [1.29, 1.82) is 0 Å². The fraction of sp³-hybridized carbons (Fsp3) is 0.300. The van der Waals surface area contributed by atoms with Crippen LogP contribution < -0.4 is 0 Å². The first-order valence-electron chi connectivity index (χ1n) is 4.20. The van der Waals surface area contributed by atoms with E-state index in [1.54, 1.807) is 4.90 Å². The second-order valence-electron chi connectivity index (χ2n) is 2.76. The highest BCUT2D eigenvalue weighted by Gasteiger charge is 2.02. The summed E-state index contributed by atoms with van der Waals surface area (Å²) in [5.41, 5.74) is 0.984. The van der Waals surface area contributed by atoms with Gasteiger partial charge >= 0.3 is 0 Å². The molecule has 0 fully saturated rings. The molecule has 3 heteroatoms. The third-order valence-corrected chi connectivity index (χ3v) is 2.26. The van der Waals surface area contributed by atoms with Crippen molar-refractivity contribution in [2.24, 2.45) is 0 Å². The van der Waals surface area contributed by atoms with Crippen LogP contribution in [-0.4, -0.2) is 17.9 Å². The molecule has 0 aromatic heterocycles. The van der Waals surface area contributed by atoms with Crippen molar-refractivity contribution in [3.05, 3.63) is 34.9 Å². The third-order valence-electron chi connectivity index (χ3n) is 1.89. The van der Waals surface area contributed by atoms with Crippen molar-refractivity contribution in [2.45, 2.75) is 13.5 Å². The summed E-state index contributed by atoms with van der Waals surface area (Å²) < 4.78 is 0. The highest BCUT2D eigenvalue weighted by Crippen LogP contribution is 2.16. The molecule has 0 aliphatic carbocycles. The van der Waals surface area contributed by atoms with E-state index in [2.05, 4.69) is 0 Å². The zero-order valence-corrected chi connectivity index (χ0v) is 8.29. The molecule has 2 nitrogen and oxygen atoms in total. The van der Waals surface area contributed by atoms with E-state index in [1.807, 2.05) is 31.2 Å². The Labute approximate surface area is 83.1 Å². The number of hydrogen-bond donors (Lipinski definition) is 0. The minimum absolute atomic E-state index is 0.583. The normalized spacial score (nSPS) is 9.69. The van der Waals surface area contributed by atoms with E-state index in [0.717, 1.165) is 12.0 Å². The molecule has 0 bridgehead atoms. The summed E-state index contributed by atoms with van der Waals surface area (Å²) in [6.07, 6.45) is 0.837. The highest BCUT2D eigenvalue weighted by atomic mass is 35.5. The summed E-state index contributed by atoms with van der Waals surface area (Å²) in [6, 6.07) is 7.55. The van der Waals surface area contributed by atoms with Crippen molar-refractivity contribution < 1.29 is 4.79 Å². The lowest BCUT2D eigenvalue weighted by molar-refractivity contribution is -0.118. The fourth-order valence-corrected chi connectivity index (χ4v) is 1.26. The maximum Gasteiger partial charge on any atom is 0.209 e. The van der Waals surface area contributed by atoms with Gasteiger partial charge in [-0.25, -0.2) is 0 Å². The molecule has 0 aliphatic rings. The Hall–Kier alpha value is -1.02. The monoisotopic (exact) mass is 197 g/mol. The van der Waals surface area contributed by atoms with Crippen molar-refractivity contribution in [2.75, 3.05) is 6.54 Å². The van der Waals surface area contributed by atoms with Gasteiger partial charge in [0, 0.05) is 18.1 Å². The highest BCUT2D eigenvalue weighted by molar-refractivity contribution is 6.31. The molecule has 0 heterocycles. The number of nitrogens with zero attached hydrogens (tertiary/aromatic N) is 1. The number of carbonyl (C=O) groups excluding carboxylic acids is 1. The van der Waals surface area contributed by atoms with Crippen LogP contribution in [0.2, 0.25) is 5.02 Å². The maximum absolute atomic E-state index is 10.5. The minimum atomic E-state index is 0.583. The first kappa shape index (κ1) is 10.1. The number of benzene rings is 1. The van der Waals surface area contributed by atoms with Gasteiger partial charge in [-0.2, -0.15) is 0 Å². The molecule has 0 radical (unpaired) electrons. The zero-order valence-electron chi connectivity index (χ0n) is 7.53. The summed E-state index contributed by atoms with van der Waals surface area (Å²) in [4.78, 5) is 12.2. The lowest BCUT2D eigenvalue weighted by atomic mass is 10.2. The van der Waals surface area contributed by atoms with Crippen molar-refractivity contribution >= 4 is 18.0 Å². The van der Waals surface area contributed by atoms with Crippen LogP contribution in [0.3, 0.4) is 0 Å². The van der Waals surface area contributed by atoms with Gasteiger partial charge in [0.05, 0.1) is 0 Å². The zero-order chi connectivity index (χ0) is 9.68. The molecule has 1 aromatic carbocycles. The topological polar surface area (TPSA) is 20.3 Å². The van der Waals surface area contributed by atoms with Gasteiger partial charge < -0.3 is 4.90 Å². The van der Waals surface area contributed by atoms with E-state index < -0.39 is 0 Å². The average molecular weight is 198 g/mol. The van der Waals surface area contributed by atoms with Gasteiger partial charge in [-0.1, -0.05) is 29.8 Å². The lowest BCUT2D eigenvalue weighted by Crippen LogP contribution is -2.20. The summed E-state index contributed by atoms with van der Waals surface area (Å²) in [7, 11) is 0. The first-order chi connectivity index (χ1) is 6.27. The molecule has 0 unspecified atom stereocenters. The van der Waals surface area contributed by atoms with Crippen molar-refractivity contribution in [3.8, 4) is 0 Å². The van der Waals surface area contributed by atoms with Gasteiger partial charge in [0.2, 0.25) is 6.41 Å². The number of rotatable bonds is 4. The number of halogens is 1. The quantitative estimate of drug-likeness (QED) is 0.679. The van der Waals surface area contributed by atoms with Gasteiger partial charge in [-0.05, 0) is 18.6 Å². The van der Waals surface area contributed by atoms with Crippen LogP contribution in [0.25, 0.3) is 0 Å². The fourth-order valence-electron chi connectivity index (χ4n) is 1.07. The third kappa shape index (κ3) is 2.74. The lowest BCUT2D eigenvalue weighted by Gasteiger charge is -2.15. The summed E-state index contributed by atoms with van der Waals surface area (Å²) in [5, 5.41) is 0.711.